The fraction of sp³-hybridized carbons (Fsp3) is 0.538. The highest BCUT2D eigenvalue weighted by molar-refractivity contribution is 5.29. The monoisotopic (exact) mass is 223 g/mol. The topological polar surface area (TPSA) is 35.2 Å². The Kier molecular flexibility index (Phi) is 3.26. The molecule has 88 valence electrons. The van der Waals surface area contributed by atoms with E-state index in [0.717, 1.165) is 17.5 Å². The number of nitrogens with two attached hydrogens (primary N) is 1. The Balaban J connectivity index is 2.21. The lowest BCUT2D eigenvalue weighted by Crippen LogP contribution is -2.21. The predicted octanol–water partition coefficient (Wildman–Crippen LogP) is 2.16. The lowest BCUT2D eigenvalue weighted by atomic mass is 9.92. The van der Waals surface area contributed by atoms with Gasteiger partial charge in [-0.1, -0.05) is 24.3 Å². The van der Waals surface area contributed by atoms with E-state index < -0.39 is 5.67 Å². The molecule has 2 N–H and O–H groups in total. The molecule has 1 saturated heterocycles. The van der Waals surface area contributed by atoms with Gasteiger partial charge in [-0.15, -0.1) is 0 Å². The minimum atomic E-state index is -1.30. The second kappa shape index (κ2) is 4.52. The van der Waals surface area contributed by atoms with Crippen LogP contribution in [0.3, 0.4) is 0 Å². The highest BCUT2D eigenvalue weighted by Gasteiger charge is 2.36. The third kappa shape index (κ3) is 2.42. The molecule has 0 aliphatic carbocycles. The molecule has 1 aromatic carbocycles. The number of benzene rings is 1. The summed E-state index contributed by atoms with van der Waals surface area (Å²) in [6.07, 6.45) is 1.24. The zero-order valence-corrected chi connectivity index (χ0v) is 9.58. The minimum Gasteiger partial charge on any atom is -0.378 e. The standard InChI is InChI=1S/C13H18FNO/c1-10(15)7-11-3-2-4-12(8-11)13(14)5-6-16-9-13/h2-4,8,10H,5-7,9,15H2,1H3. The van der Waals surface area contributed by atoms with Crippen LogP contribution in [0.2, 0.25) is 0 Å². The number of hydrogen-bond acceptors (Lipinski definition) is 2. The van der Waals surface area contributed by atoms with Gasteiger partial charge >= 0.3 is 0 Å². The van der Waals surface area contributed by atoms with Crippen molar-refractivity contribution >= 4 is 0 Å². The van der Waals surface area contributed by atoms with Gasteiger partial charge in [-0.2, -0.15) is 0 Å². The van der Waals surface area contributed by atoms with E-state index in [1.807, 2.05) is 31.2 Å². The van der Waals surface area contributed by atoms with Crippen molar-refractivity contribution in [3.05, 3.63) is 35.4 Å². The predicted molar refractivity (Wildman–Crippen MR) is 62.0 cm³/mol. The summed E-state index contributed by atoms with van der Waals surface area (Å²) in [6.45, 7) is 2.64. The summed E-state index contributed by atoms with van der Waals surface area (Å²) in [7, 11) is 0. The molecule has 1 fully saturated rings. The van der Waals surface area contributed by atoms with E-state index in [-0.39, 0.29) is 12.6 Å². The zero-order chi connectivity index (χ0) is 11.6. The second-order valence-corrected chi connectivity index (χ2v) is 4.65. The molecule has 0 bridgehead atoms. The summed E-state index contributed by atoms with van der Waals surface area (Å²) in [5.41, 5.74) is 6.26. The van der Waals surface area contributed by atoms with Gasteiger partial charge in [-0.25, -0.2) is 4.39 Å². The average Bonchev–Trinajstić information content (AvgIpc) is 2.66. The fourth-order valence-electron chi connectivity index (χ4n) is 2.12. The molecule has 2 nitrogen and oxygen atoms in total. The van der Waals surface area contributed by atoms with Gasteiger partial charge in [-0.3, -0.25) is 0 Å². The molecule has 1 aromatic rings. The Labute approximate surface area is 95.6 Å². The lowest BCUT2D eigenvalue weighted by Gasteiger charge is -2.18. The van der Waals surface area contributed by atoms with Crippen LogP contribution < -0.4 is 5.73 Å². The highest BCUT2D eigenvalue weighted by Crippen LogP contribution is 2.34. The number of alkyl halides is 1. The summed E-state index contributed by atoms with van der Waals surface area (Å²) in [6, 6.07) is 7.74. The van der Waals surface area contributed by atoms with Crippen LogP contribution in [0.15, 0.2) is 24.3 Å². The van der Waals surface area contributed by atoms with Gasteiger partial charge in [0.2, 0.25) is 0 Å². The van der Waals surface area contributed by atoms with Crippen LogP contribution in [0.4, 0.5) is 4.39 Å². The quantitative estimate of drug-likeness (QED) is 0.852. The second-order valence-electron chi connectivity index (χ2n) is 4.65. The Bertz CT molecular complexity index is 359. The fourth-order valence-corrected chi connectivity index (χ4v) is 2.12. The first-order valence-electron chi connectivity index (χ1n) is 5.72. The first-order chi connectivity index (χ1) is 7.60. The van der Waals surface area contributed by atoms with Crippen LogP contribution in [-0.2, 0) is 16.8 Å². The van der Waals surface area contributed by atoms with Gasteiger partial charge in [0, 0.05) is 12.5 Å². The molecule has 0 aromatic heterocycles. The third-order valence-corrected chi connectivity index (χ3v) is 2.98. The third-order valence-electron chi connectivity index (χ3n) is 2.98. The normalized spacial score (nSPS) is 26.9. The van der Waals surface area contributed by atoms with Crippen LogP contribution in [-0.4, -0.2) is 19.3 Å². The van der Waals surface area contributed by atoms with E-state index >= 15 is 0 Å². The molecule has 16 heavy (non-hydrogen) atoms. The van der Waals surface area contributed by atoms with E-state index in [0.29, 0.717) is 13.0 Å². The molecule has 1 heterocycles. The number of hydrogen-bond donors (Lipinski definition) is 1. The van der Waals surface area contributed by atoms with Crippen LogP contribution in [0, 0.1) is 0 Å². The molecule has 0 radical (unpaired) electrons. The van der Waals surface area contributed by atoms with Crippen molar-refractivity contribution in [3.63, 3.8) is 0 Å². The van der Waals surface area contributed by atoms with Crippen molar-refractivity contribution in [2.45, 2.75) is 31.5 Å². The first-order valence-corrected chi connectivity index (χ1v) is 5.72. The van der Waals surface area contributed by atoms with Gasteiger partial charge in [0.25, 0.3) is 0 Å². The summed E-state index contributed by atoms with van der Waals surface area (Å²) >= 11 is 0. The first kappa shape index (κ1) is 11.6. The van der Waals surface area contributed by atoms with Crippen molar-refractivity contribution in [1.29, 1.82) is 0 Å². The van der Waals surface area contributed by atoms with Gasteiger partial charge < -0.3 is 10.5 Å². The minimum absolute atomic E-state index is 0.102. The SMILES string of the molecule is CC(N)Cc1cccc(C2(F)CCOC2)c1. The van der Waals surface area contributed by atoms with Gasteiger partial charge in [0.1, 0.15) is 0 Å². The number of rotatable bonds is 3. The molecule has 0 spiro atoms. The maximum atomic E-state index is 14.4. The van der Waals surface area contributed by atoms with Gasteiger partial charge in [0.15, 0.2) is 5.67 Å². The largest absolute Gasteiger partial charge is 0.378 e. The Morgan fingerprint density at radius 1 is 1.56 bits per heavy atom. The molecule has 1 aliphatic rings. The van der Waals surface area contributed by atoms with Crippen molar-refractivity contribution in [2.24, 2.45) is 5.73 Å². The van der Waals surface area contributed by atoms with Crippen molar-refractivity contribution < 1.29 is 9.13 Å². The molecular weight excluding hydrogens is 205 g/mol. The van der Waals surface area contributed by atoms with Crippen LogP contribution in [0.5, 0.6) is 0 Å². The molecule has 2 unspecified atom stereocenters. The Morgan fingerprint density at radius 3 is 3.00 bits per heavy atom. The Hall–Kier alpha value is -0.930. The Morgan fingerprint density at radius 2 is 2.38 bits per heavy atom. The number of ether oxygens (including phenoxy) is 1. The smallest absolute Gasteiger partial charge is 0.161 e. The summed E-state index contributed by atoms with van der Waals surface area (Å²) in [5.74, 6) is 0. The van der Waals surface area contributed by atoms with Crippen molar-refractivity contribution in [2.75, 3.05) is 13.2 Å². The molecule has 0 saturated carbocycles. The zero-order valence-electron chi connectivity index (χ0n) is 9.58. The van der Waals surface area contributed by atoms with E-state index in [4.69, 9.17) is 10.5 Å². The maximum absolute atomic E-state index is 14.4. The van der Waals surface area contributed by atoms with Crippen molar-refractivity contribution in [3.8, 4) is 0 Å². The van der Waals surface area contributed by atoms with Gasteiger partial charge in [0.05, 0.1) is 13.2 Å². The molecule has 2 rings (SSSR count). The maximum Gasteiger partial charge on any atom is 0.161 e. The van der Waals surface area contributed by atoms with Crippen LogP contribution in [0.1, 0.15) is 24.5 Å². The van der Waals surface area contributed by atoms with E-state index in [1.165, 1.54) is 0 Å². The van der Waals surface area contributed by atoms with Crippen LogP contribution in [0.25, 0.3) is 0 Å². The van der Waals surface area contributed by atoms with Crippen molar-refractivity contribution in [1.82, 2.24) is 0 Å². The highest BCUT2D eigenvalue weighted by atomic mass is 19.1. The van der Waals surface area contributed by atoms with E-state index in [2.05, 4.69) is 0 Å². The summed E-state index contributed by atoms with van der Waals surface area (Å²) in [4.78, 5) is 0. The molecular formula is C13H18FNO. The summed E-state index contributed by atoms with van der Waals surface area (Å²) in [5, 5.41) is 0. The van der Waals surface area contributed by atoms with E-state index in [1.54, 1.807) is 0 Å². The molecule has 2 atom stereocenters. The molecule has 3 heteroatoms. The lowest BCUT2D eigenvalue weighted by molar-refractivity contribution is 0.112. The molecule has 1 aliphatic heterocycles. The molecule has 0 amide bonds. The number of halogens is 1. The van der Waals surface area contributed by atoms with Gasteiger partial charge in [-0.05, 0) is 24.5 Å². The van der Waals surface area contributed by atoms with E-state index in [9.17, 15) is 4.39 Å². The summed E-state index contributed by atoms with van der Waals surface area (Å²) < 4.78 is 19.5. The van der Waals surface area contributed by atoms with Crippen LogP contribution >= 0.6 is 0 Å². The average molecular weight is 223 g/mol.